The summed E-state index contributed by atoms with van der Waals surface area (Å²) in [6.07, 6.45) is 1.59. The first-order valence-corrected chi connectivity index (χ1v) is 9.68. The van der Waals surface area contributed by atoms with Crippen molar-refractivity contribution in [1.82, 2.24) is 10.2 Å². The Morgan fingerprint density at radius 2 is 2.21 bits per heavy atom. The lowest BCUT2D eigenvalue weighted by Crippen LogP contribution is -2.46. The molecule has 2 saturated heterocycles. The third kappa shape index (κ3) is 4.06. The number of methoxy groups -OCH3 is 1. The van der Waals surface area contributed by atoms with E-state index in [0.29, 0.717) is 30.6 Å². The van der Waals surface area contributed by atoms with E-state index in [1.807, 2.05) is 24.3 Å². The lowest BCUT2D eigenvalue weighted by atomic mass is 10.1. The van der Waals surface area contributed by atoms with Gasteiger partial charge in [-0.2, -0.15) is 0 Å². The molecule has 3 atom stereocenters. The smallest absolute Gasteiger partial charge is 0.287 e. The number of carbonyl (C=O) groups excluding carboxylic acids is 1. The van der Waals surface area contributed by atoms with Gasteiger partial charge in [0, 0.05) is 37.3 Å². The second-order valence-corrected chi connectivity index (χ2v) is 7.38. The van der Waals surface area contributed by atoms with Gasteiger partial charge in [0.2, 0.25) is 0 Å². The van der Waals surface area contributed by atoms with E-state index in [4.69, 9.17) is 19.0 Å². The molecule has 2 fully saturated rings. The Morgan fingerprint density at radius 3 is 3.04 bits per heavy atom. The van der Waals surface area contributed by atoms with Crippen LogP contribution in [-0.2, 0) is 4.74 Å². The van der Waals surface area contributed by atoms with Gasteiger partial charge in [0.25, 0.3) is 5.91 Å². The van der Waals surface area contributed by atoms with Crippen molar-refractivity contribution in [2.75, 3.05) is 33.4 Å². The number of hydrogen-bond donors (Lipinski definition) is 2. The minimum atomic E-state index is -0.202. The Hall–Kier alpha value is -2.35. The van der Waals surface area contributed by atoms with E-state index in [-0.39, 0.29) is 24.7 Å². The third-order valence-corrected chi connectivity index (χ3v) is 5.46. The van der Waals surface area contributed by atoms with E-state index < -0.39 is 0 Å². The Morgan fingerprint density at radius 1 is 1.32 bits per heavy atom. The first kappa shape index (κ1) is 19.0. The topological polar surface area (TPSA) is 84.2 Å². The standard InChI is InChI=1S/C21H26N2O5/c1-26-17-4-2-3-14(9-17)19-5-6-20(28-19)21(25)22-15-10-16-13-27-18(7-8-24)12-23(16)11-15/h2-6,9,15-16,18,24H,7-8,10-13H2,1H3,(H,22,25)/t15-,16-,18-/m0/s1. The zero-order valence-corrected chi connectivity index (χ0v) is 16.0. The maximum Gasteiger partial charge on any atom is 0.287 e. The summed E-state index contributed by atoms with van der Waals surface area (Å²) in [6, 6.07) is 11.4. The highest BCUT2D eigenvalue weighted by Gasteiger charge is 2.38. The number of rotatable bonds is 6. The van der Waals surface area contributed by atoms with Crippen LogP contribution in [0, 0.1) is 0 Å². The number of furan rings is 1. The van der Waals surface area contributed by atoms with E-state index >= 15 is 0 Å². The molecule has 2 aliphatic heterocycles. The molecule has 4 rings (SSSR count). The van der Waals surface area contributed by atoms with Crippen molar-refractivity contribution >= 4 is 5.91 Å². The van der Waals surface area contributed by atoms with Gasteiger partial charge in [-0.3, -0.25) is 9.69 Å². The third-order valence-electron chi connectivity index (χ3n) is 5.46. The second-order valence-electron chi connectivity index (χ2n) is 7.38. The number of morpholine rings is 1. The number of ether oxygens (including phenoxy) is 2. The predicted octanol–water partition coefficient (Wildman–Crippen LogP) is 1.91. The zero-order valence-electron chi connectivity index (χ0n) is 16.0. The Bertz CT molecular complexity index is 821. The van der Waals surface area contributed by atoms with E-state index in [9.17, 15) is 4.79 Å². The largest absolute Gasteiger partial charge is 0.497 e. The van der Waals surface area contributed by atoms with Crippen LogP contribution < -0.4 is 10.1 Å². The van der Waals surface area contributed by atoms with Gasteiger partial charge < -0.3 is 24.3 Å². The van der Waals surface area contributed by atoms with E-state index in [0.717, 1.165) is 30.8 Å². The molecule has 150 valence electrons. The number of aliphatic hydroxyl groups excluding tert-OH is 1. The summed E-state index contributed by atoms with van der Waals surface area (Å²) in [7, 11) is 1.62. The summed E-state index contributed by atoms with van der Waals surface area (Å²) in [5.74, 6) is 1.47. The van der Waals surface area contributed by atoms with Crippen LogP contribution in [0.1, 0.15) is 23.4 Å². The average Bonchev–Trinajstić information content (AvgIpc) is 3.35. The van der Waals surface area contributed by atoms with E-state index in [1.165, 1.54) is 0 Å². The molecule has 0 saturated carbocycles. The fourth-order valence-electron chi connectivity index (χ4n) is 4.01. The summed E-state index contributed by atoms with van der Waals surface area (Å²) in [5, 5.41) is 12.2. The lowest BCUT2D eigenvalue weighted by molar-refractivity contribution is -0.0566. The molecule has 0 spiro atoms. The molecule has 3 heterocycles. The fraction of sp³-hybridized carbons (Fsp3) is 0.476. The summed E-state index contributed by atoms with van der Waals surface area (Å²) in [6.45, 7) is 2.39. The van der Waals surface area contributed by atoms with Crippen molar-refractivity contribution in [1.29, 1.82) is 0 Å². The Labute approximate surface area is 164 Å². The quantitative estimate of drug-likeness (QED) is 0.789. The fourth-order valence-corrected chi connectivity index (χ4v) is 4.01. The number of nitrogens with one attached hydrogen (secondary N) is 1. The van der Waals surface area contributed by atoms with Crippen molar-refractivity contribution in [3.8, 4) is 17.1 Å². The van der Waals surface area contributed by atoms with E-state index in [2.05, 4.69) is 10.2 Å². The van der Waals surface area contributed by atoms with Gasteiger partial charge in [-0.25, -0.2) is 0 Å². The number of aliphatic hydroxyl groups is 1. The molecule has 2 aliphatic rings. The number of amides is 1. The minimum absolute atomic E-state index is 0.0688. The SMILES string of the molecule is COc1cccc(-c2ccc(C(=O)N[C@H]3C[C@H]4CO[C@@H](CCO)CN4C3)o2)c1. The molecule has 0 bridgehead atoms. The molecule has 0 aliphatic carbocycles. The summed E-state index contributed by atoms with van der Waals surface area (Å²) >= 11 is 0. The number of fused-ring (bicyclic) bond motifs is 1. The lowest BCUT2D eigenvalue weighted by Gasteiger charge is -2.34. The van der Waals surface area contributed by atoms with Gasteiger partial charge in [0.1, 0.15) is 11.5 Å². The van der Waals surface area contributed by atoms with Crippen molar-refractivity contribution in [2.24, 2.45) is 0 Å². The van der Waals surface area contributed by atoms with Crippen molar-refractivity contribution in [3.05, 3.63) is 42.2 Å². The molecule has 7 heteroatoms. The highest BCUT2D eigenvalue weighted by molar-refractivity contribution is 5.92. The van der Waals surface area contributed by atoms with E-state index in [1.54, 1.807) is 19.2 Å². The first-order chi connectivity index (χ1) is 13.7. The van der Waals surface area contributed by atoms with Gasteiger partial charge in [-0.05, 0) is 37.1 Å². The number of hydrogen-bond acceptors (Lipinski definition) is 6. The Kier molecular flexibility index (Phi) is 5.66. The maximum absolute atomic E-state index is 12.6. The van der Waals surface area contributed by atoms with Gasteiger partial charge in [0.05, 0.1) is 19.8 Å². The first-order valence-electron chi connectivity index (χ1n) is 9.68. The molecule has 1 aromatic heterocycles. The van der Waals surface area contributed by atoms with Crippen LogP contribution in [-0.4, -0.2) is 67.5 Å². The number of carbonyl (C=O) groups is 1. The van der Waals surface area contributed by atoms with Crippen LogP contribution in [0.3, 0.4) is 0 Å². The average molecular weight is 386 g/mol. The van der Waals surface area contributed by atoms with Crippen molar-refractivity contribution in [2.45, 2.75) is 31.0 Å². The summed E-state index contributed by atoms with van der Waals surface area (Å²) in [5.41, 5.74) is 0.864. The van der Waals surface area contributed by atoms with Crippen molar-refractivity contribution in [3.63, 3.8) is 0 Å². The van der Waals surface area contributed by atoms with Crippen LogP contribution in [0.25, 0.3) is 11.3 Å². The van der Waals surface area contributed by atoms with Crippen LogP contribution >= 0.6 is 0 Å². The number of nitrogens with zero attached hydrogens (tertiary/aromatic N) is 1. The summed E-state index contributed by atoms with van der Waals surface area (Å²) in [4.78, 5) is 15.0. The van der Waals surface area contributed by atoms with Crippen LogP contribution in [0.15, 0.2) is 40.8 Å². The molecule has 1 aromatic carbocycles. The highest BCUT2D eigenvalue weighted by Crippen LogP contribution is 2.27. The van der Waals surface area contributed by atoms with Gasteiger partial charge >= 0.3 is 0 Å². The van der Waals surface area contributed by atoms with Gasteiger partial charge in [-0.1, -0.05) is 12.1 Å². The van der Waals surface area contributed by atoms with Crippen LogP contribution in [0.5, 0.6) is 5.75 Å². The maximum atomic E-state index is 12.6. The molecule has 0 unspecified atom stereocenters. The monoisotopic (exact) mass is 386 g/mol. The second kappa shape index (κ2) is 8.34. The molecule has 1 amide bonds. The predicted molar refractivity (Wildman–Crippen MR) is 103 cm³/mol. The molecular weight excluding hydrogens is 360 g/mol. The summed E-state index contributed by atoms with van der Waals surface area (Å²) < 4.78 is 16.8. The molecular formula is C21H26N2O5. The van der Waals surface area contributed by atoms with Gasteiger partial charge in [0.15, 0.2) is 5.76 Å². The van der Waals surface area contributed by atoms with Crippen molar-refractivity contribution < 1.29 is 23.8 Å². The molecule has 7 nitrogen and oxygen atoms in total. The van der Waals surface area contributed by atoms with Crippen LogP contribution in [0.4, 0.5) is 0 Å². The molecule has 2 aromatic rings. The minimum Gasteiger partial charge on any atom is -0.497 e. The number of benzene rings is 1. The molecule has 2 N–H and O–H groups in total. The normalized spacial score (nSPS) is 24.7. The molecule has 0 radical (unpaired) electrons. The Balaban J connectivity index is 1.36. The van der Waals surface area contributed by atoms with Crippen LogP contribution in [0.2, 0.25) is 0 Å². The molecule has 28 heavy (non-hydrogen) atoms. The zero-order chi connectivity index (χ0) is 19.5. The highest BCUT2D eigenvalue weighted by atomic mass is 16.5. The van der Waals surface area contributed by atoms with Gasteiger partial charge in [-0.15, -0.1) is 0 Å².